The number of hydrogen-bond acceptors (Lipinski definition) is 4. The Morgan fingerprint density at radius 1 is 0.800 bits per heavy atom. The van der Waals surface area contributed by atoms with Gasteiger partial charge < -0.3 is 10.6 Å². The predicted molar refractivity (Wildman–Crippen MR) is 72.0 cm³/mol. The van der Waals surface area contributed by atoms with Gasteiger partial charge in [-0.25, -0.2) is 0 Å². The Balaban J connectivity index is 4.41. The standard InChI is InChI=1S/C12H22N4O4/c1-6(2)9(14-8(5)17)10(18)15-16-12(20)11(19)13-7(3)4/h6-7,9H,1-5H3,(H,13,19)(H,14,17)(H,15,18)(H,16,20)/t9-/m1/s1. The van der Waals surface area contributed by atoms with Crippen molar-refractivity contribution in [2.75, 3.05) is 0 Å². The van der Waals surface area contributed by atoms with E-state index in [9.17, 15) is 19.2 Å². The van der Waals surface area contributed by atoms with Crippen molar-refractivity contribution in [2.45, 2.75) is 46.7 Å². The fraction of sp³-hybridized carbons (Fsp3) is 0.667. The zero-order valence-corrected chi connectivity index (χ0v) is 12.4. The van der Waals surface area contributed by atoms with Crippen LogP contribution in [-0.2, 0) is 19.2 Å². The lowest BCUT2D eigenvalue weighted by Crippen LogP contribution is -2.56. The molecule has 0 rings (SSSR count). The molecule has 4 amide bonds. The van der Waals surface area contributed by atoms with Crippen molar-refractivity contribution in [1.82, 2.24) is 21.5 Å². The average Bonchev–Trinajstić information content (AvgIpc) is 2.31. The van der Waals surface area contributed by atoms with Crippen LogP contribution in [0.5, 0.6) is 0 Å². The molecule has 20 heavy (non-hydrogen) atoms. The maximum absolute atomic E-state index is 11.8. The predicted octanol–water partition coefficient (Wildman–Crippen LogP) is -1.18. The van der Waals surface area contributed by atoms with Crippen molar-refractivity contribution in [3.8, 4) is 0 Å². The Hall–Kier alpha value is -2.12. The second-order valence-corrected chi connectivity index (χ2v) is 4.99. The topological polar surface area (TPSA) is 116 Å². The van der Waals surface area contributed by atoms with Gasteiger partial charge in [-0.05, 0) is 19.8 Å². The van der Waals surface area contributed by atoms with Crippen LogP contribution in [0.4, 0.5) is 0 Å². The second kappa shape index (κ2) is 8.13. The fourth-order valence-corrected chi connectivity index (χ4v) is 1.33. The third-order valence-electron chi connectivity index (χ3n) is 2.23. The van der Waals surface area contributed by atoms with Crippen LogP contribution in [0, 0.1) is 5.92 Å². The number of hydrazine groups is 1. The Morgan fingerprint density at radius 3 is 1.75 bits per heavy atom. The quantitative estimate of drug-likeness (QED) is 0.384. The monoisotopic (exact) mass is 286 g/mol. The number of rotatable bonds is 4. The first-order valence-corrected chi connectivity index (χ1v) is 6.33. The van der Waals surface area contributed by atoms with Crippen LogP contribution >= 0.6 is 0 Å². The molecule has 0 aromatic carbocycles. The molecule has 8 nitrogen and oxygen atoms in total. The van der Waals surface area contributed by atoms with E-state index in [0.717, 1.165) is 0 Å². The summed E-state index contributed by atoms with van der Waals surface area (Å²) in [6.45, 7) is 8.18. The van der Waals surface area contributed by atoms with E-state index in [4.69, 9.17) is 0 Å². The van der Waals surface area contributed by atoms with E-state index < -0.39 is 23.8 Å². The molecule has 0 aliphatic heterocycles. The molecule has 0 saturated heterocycles. The molecule has 0 fully saturated rings. The molecule has 1 atom stereocenters. The molecule has 0 aliphatic carbocycles. The normalized spacial score (nSPS) is 11.8. The Labute approximate surface area is 118 Å². The molecule has 8 heteroatoms. The molecular formula is C12H22N4O4. The first-order chi connectivity index (χ1) is 9.15. The Morgan fingerprint density at radius 2 is 1.35 bits per heavy atom. The van der Waals surface area contributed by atoms with Crippen LogP contribution < -0.4 is 21.5 Å². The Kier molecular flexibility index (Phi) is 7.27. The molecule has 0 spiro atoms. The van der Waals surface area contributed by atoms with E-state index >= 15 is 0 Å². The molecule has 0 saturated carbocycles. The van der Waals surface area contributed by atoms with Gasteiger partial charge in [0.2, 0.25) is 5.91 Å². The number of carbonyl (C=O) groups is 4. The molecule has 0 aliphatic rings. The Bertz CT molecular complexity index is 393. The molecule has 0 aromatic rings. The summed E-state index contributed by atoms with van der Waals surface area (Å²) in [6, 6.07) is -0.979. The SMILES string of the molecule is CC(=O)N[C@@H](C(=O)NNC(=O)C(=O)NC(C)C)C(C)C. The zero-order valence-electron chi connectivity index (χ0n) is 12.4. The molecule has 0 aromatic heterocycles. The van der Waals surface area contributed by atoms with Crippen molar-refractivity contribution in [1.29, 1.82) is 0 Å². The number of amides is 4. The highest BCUT2D eigenvalue weighted by Gasteiger charge is 2.24. The van der Waals surface area contributed by atoms with E-state index in [0.29, 0.717) is 0 Å². The smallest absolute Gasteiger partial charge is 0.327 e. The molecular weight excluding hydrogens is 264 g/mol. The second-order valence-electron chi connectivity index (χ2n) is 4.99. The van der Waals surface area contributed by atoms with Crippen LogP contribution in [0.25, 0.3) is 0 Å². The first-order valence-electron chi connectivity index (χ1n) is 6.33. The summed E-state index contributed by atoms with van der Waals surface area (Å²) in [5.41, 5.74) is 4.10. The number of carbonyl (C=O) groups excluding carboxylic acids is 4. The van der Waals surface area contributed by atoms with Gasteiger partial charge in [-0.3, -0.25) is 30.0 Å². The summed E-state index contributed by atoms with van der Waals surface area (Å²) in [5, 5.41) is 4.84. The van der Waals surface area contributed by atoms with Gasteiger partial charge in [-0.2, -0.15) is 0 Å². The summed E-state index contributed by atoms with van der Waals surface area (Å²) in [4.78, 5) is 45.5. The van der Waals surface area contributed by atoms with E-state index in [1.54, 1.807) is 27.7 Å². The minimum absolute atomic E-state index is 0.166. The molecule has 0 radical (unpaired) electrons. The summed E-state index contributed by atoms with van der Waals surface area (Å²) in [6.07, 6.45) is 0. The summed E-state index contributed by atoms with van der Waals surface area (Å²) < 4.78 is 0. The summed E-state index contributed by atoms with van der Waals surface area (Å²) >= 11 is 0. The average molecular weight is 286 g/mol. The molecule has 4 N–H and O–H groups in total. The lowest BCUT2D eigenvalue weighted by molar-refractivity contribution is -0.141. The van der Waals surface area contributed by atoms with Crippen molar-refractivity contribution < 1.29 is 19.2 Å². The van der Waals surface area contributed by atoms with Gasteiger partial charge in [0, 0.05) is 13.0 Å². The van der Waals surface area contributed by atoms with E-state index in [-0.39, 0.29) is 17.9 Å². The molecule has 114 valence electrons. The van der Waals surface area contributed by atoms with Crippen molar-refractivity contribution in [2.24, 2.45) is 5.92 Å². The maximum atomic E-state index is 11.8. The number of hydrogen-bond donors (Lipinski definition) is 4. The third-order valence-corrected chi connectivity index (χ3v) is 2.23. The lowest BCUT2D eigenvalue weighted by Gasteiger charge is -2.20. The largest absolute Gasteiger partial charge is 0.346 e. The highest BCUT2D eigenvalue weighted by atomic mass is 16.2. The lowest BCUT2D eigenvalue weighted by atomic mass is 10.0. The van der Waals surface area contributed by atoms with Crippen molar-refractivity contribution >= 4 is 23.6 Å². The van der Waals surface area contributed by atoms with Gasteiger partial charge in [0.25, 0.3) is 5.91 Å². The van der Waals surface area contributed by atoms with Gasteiger partial charge in [0.05, 0.1) is 0 Å². The van der Waals surface area contributed by atoms with Gasteiger partial charge in [0.15, 0.2) is 0 Å². The van der Waals surface area contributed by atoms with Crippen molar-refractivity contribution in [3.05, 3.63) is 0 Å². The minimum atomic E-state index is -0.975. The van der Waals surface area contributed by atoms with Gasteiger partial charge in [-0.15, -0.1) is 0 Å². The summed E-state index contributed by atoms with van der Waals surface area (Å²) in [5.74, 6) is -2.94. The molecule has 0 unspecified atom stereocenters. The van der Waals surface area contributed by atoms with Gasteiger partial charge in [0.1, 0.15) is 6.04 Å². The van der Waals surface area contributed by atoms with Crippen LogP contribution in [0.3, 0.4) is 0 Å². The van der Waals surface area contributed by atoms with E-state index in [1.165, 1.54) is 6.92 Å². The fourth-order valence-electron chi connectivity index (χ4n) is 1.33. The van der Waals surface area contributed by atoms with E-state index in [1.807, 2.05) is 5.43 Å². The first kappa shape index (κ1) is 17.9. The van der Waals surface area contributed by atoms with Gasteiger partial charge >= 0.3 is 11.8 Å². The minimum Gasteiger partial charge on any atom is -0.346 e. The molecule has 0 heterocycles. The third kappa shape index (κ3) is 6.72. The zero-order chi connectivity index (χ0) is 15.9. The maximum Gasteiger partial charge on any atom is 0.327 e. The van der Waals surface area contributed by atoms with Crippen molar-refractivity contribution in [3.63, 3.8) is 0 Å². The number of nitrogens with one attached hydrogen (secondary N) is 4. The van der Waals surface area contributed by atoms with Gasteiger partial charge in [-0.1, -0.05) is 13.8 Å². The van der Waals surface area contributed by atoms with Crippen LogP contribution in [0.15, 0.2) is 0 Å². The highest BCUT2D eigenvalue weighted by Crippen LogP contribution is 2.01. The highest BCUT2D eigenvalue weighted by molar-refractivity contribution is 6.35. The summed E-state index contributed by atoms with van der Waals surface area (Å²) in [7, 11) is 0. The van der Waals surface area contributed by atoms with Crippen LogP contribution in [0.2, 0.25) is 0 Å². The van der Waals surface area contributed by atoms with Crippen LogP contribution in [-0.4, -0.2) is 35.7 Å². The van der Waals surface area contributed by atoms with Crippen LogP contribution in [0.1, 0.15) is 34.6 Å². The van der Waals surface area contributed by atoms with E-state index in [2.05, 4.69) is 16.1 Å². The molecule has 0 bridgehead atoms.